The highest BCUT2D eigenvalue weighted by Gasteiger charge is 2.28. The fourth-order valence-electron chi connectivity index (χ4n) is 2.86. The van der Waals surface area contributed by atoms with Crippen LogP contribution in [0.2, 0.25) is 5.02 Å². The van der Waals surface area contributed by atoms with Crippen LogP contribution in [0.5, 0.6) is 11.5 Å². The number of benzene rings is 2. The van der Waals surface area contributed by atoms with Crippen LogP contribution in [-0.4, -0.2) is 37.9 Å². The Hall–Kier alpha value is -3.32. The van der Waals surface area contributed by atoms with Crippen LogP contribution in [-0.2, 0) is 14.3 Å². The molecule has 0 saturated heterocycles. The van der Waals surface area contributed by atoms with E-state index in [-0.39, 0.29) is 23.3 Å². The van der Waals surface area contributed by atoms with E-state index in [0.29, 0.717) is 34.9 Å². The molecule has 2 aromatic rings. The molecular formula is C22H21ClN2O5. The van der Waals surface area contributed by atoms with E-state index in [9.17, 15) is 9.59 Å². The maximum Gasteiger partial charge on any atom is 0.343 e. The first-order chi connectivity index (χ1) is 14.4. The van der Waals surface area contributed by atoms with E-state index in [4.69, 9.17) is 21.1 Å². The zero-order valence-corrected chi connectivity index (χ0v) is 17.6. The lowest BCUT2D eigenvalue weighted by molar-refractivity contribution is -0.142. The van der Waals surface area contributed by atoms with E-state index in [2.05, 4.69) is 9.84 Å². The first-order valence-corrected chi connectivity index (χ1v) is 9.65. The van der Waals surface area contributed by atoms with Gasteiger partial charge in [-0.1, -0.05) is 29.8 Å². The number of esters is 1. The van der Waals surface area contributed by atoms with Crippen LogP contribution in [0.4, 0.5) is 5.69 Å². The van der Waals surface area contributed by atoms with Crippen molar-refractivity contribution >= 4 is 41.0 Å². The van der Waals surface area contributed by atoms with E-state index >= 15 is 0 Å². The largest absolute Gasteiger partial charge is 0.490 e. The number of rotatable bonds is 7. The predicted molar refractivity (Wildman–Crippen MR) is 115 cm³/mol. The normalized spacial score (nSPS) is 14.7. The van der Waals surface area contributed by atoms with Crippen molar-refractivity contribution in [3.63, 3.8) is 0 Å². The monoisotopic (exact) mass is 428 g/mol. The summed E-state index contributed by atoms with van der Waals surface area (Å²) in [4.78, 5) is 24.3. The number of hydrazone groups is 1. The average Bonchev–Trinajstić information content (AvgIpc) is 3.02. The smallest absolute Gasteiger partial charge is 0.343 e. The molecule has 0 spiro atoms. The van der Waals surface area contributed by atoms with Crippen LogP contribution < -0.4 is 14.5 Å². The molecule has 156 valence electrons. The fourth-order valence-corrected chi connectivity index (χ4v) is 3.13. The maximum atomic E-state index is 12.9. The minimum atomic E-state index is -0.538. The maximum absolute atomic E-state index is 12.9. The third-order valence-electron chi connectivity index (χ3n) is 4.27. The lowest BCUT2D eigenvalue weighted by Gasteiger charge is -2.14. The number of para-hydroxylation sites is 1. The Kier molecular flexibility index (Phi) is 6.74. The summed E-state index contributed by atoms with van der Waals surface area (Å²) in [5.41, 5.74) is 2.36. The Bertz CT molecular complexity index is 1020. The van der Waals surface area contributed by atoms with Gasteiger partial charge < -0.3 is 14.2 Å². The predicted octanol–water partition coefficient (Wildman–Crippen LogP) is 4.10. The number of carbonyl (C=O) groups is 2. The zero-order chi connectivity index (χ0) is 21.7. The van der Waals surface area contributed by atoms with E-state index in [1.54, 1.807) is 25.1 Å². The molecule has 2 aromatic carbocycles. The molecule has 8 heteroatoms. The second kappa shape index (κ2) is 9.45. The third kappa shape index (κ3) is 4.63. The summed E-state index contributed by atoms with van der Waals surface area (Å²) < 4.78 is 15.7. The number of amides is 1. The van der Waals surface area contributed by atoms with Gasteiger partial charge in [0.25, 0.3) is 5.91 Å². The molecule has 0 aliphatic carbocycles. The SMILES string of the molecule is CCOc1cc(C=C2C(=O)N(c3ccccc3)N=C2C)cc(Cl)c1OCC(=O)OC. The number of methoxy groups -OCH3 is 1. The Morgan fingerprint density at radius 1 is 1.20 bits per heavy atom. The molecule has 0 aromatic heterocycles. The van der Waals surface area contributed by atoms with Gasteiger partial charge in [0, 0.05) is 0 Å². The van der Waals surface area contributed by atoms with Crippen molar-refractivity contribution < 1.29 is 23.8 Å². The van der Waals surface area contributed by atoms with Crippen LogP contribution in [0.1, 0.15) is 19.4 Å². The molecule has 7 nitrogen and oxygen atoms in total. The second-order valence-electron chi connectivity index (χ2n) is 6.32. The lowest BCUT2D eigenvalue weighted by Crippen LogP contribution is -2.21. The number of ether oxygens (including phenoxy) is 3. The lowest BCUT2D eigenvalue weighted by atomic mass is 10.1. The first-order valence-electron chi connectivity index (χ1n) is 9.27. The Morgan fingerprint density at radius 3 is 2.60 bits per heavy atom. The molecule has 0 saturated carbocycles. The van der Waals surface area contributed by atoms with Gasteiger partial charge in [-0.2, -0.15) is 10.1 Å². The molecule has 1 amide bonds. The molecule has 1 aliphatic heterocycles. The minimum absolute atomic E-state index is 0.236. The molecule has 0 N–H and O–H groups in total. The van der Waals surface area contributed by atoms with Crippen molar-refractivity contribution in [2.24, 2.45) is 5.10 Å². The van der Waals surface area contributed by atoms with Gasteiger partial charge in [0.1, 0.15) is 0 Å². The van der Waals surface area contributed by atoms with Gasteiger partial charge in [-0.3, -0.25) is 4.79 Å². The summed E-state index contributed by atoms with van der Waals surface area (Å²) in [6.45, 7) is 3.66. The van der Waals surface area contributed by atoms with E-state index in [0.717, 1.165) is 0 Å². The van der Waals surface area contributed by atoms with Crippen molar-refractivity contribution in [1.29, 1.82) is 0 Å². The summed E-state index contributed by atoms with van der Waals surface area (Å²) in [6.07, 6.45) is 1.70. The van der Waals surface area contributed by atoms with Crippen LogP contribution in [0.25, 0.3) is 6.08 Å². The Labute approximate surface area is 179 Å². The fraction of sp³-hybridized carbons (Fsp3) is 0.227. The topological polar surface area (TPSA) is 77.4 Å². The van der Waals surface area contributed by atoms with Gasteiger partial charge in [-0.15, -0.1) is 0 Å². The Morgan fingerprint density at radius 2 is 1.93 bits per heavy atom. The number of nitrogens with zero attached hydrogens (tertiary/aromatic N) is 2. The van der Waals surface area contributed by atoms with Gasteiger partial charge in [0.2, 0.25) is 0 Å². The number of halogens is 1. The summed E-state index contributed by atoms with van der Waals surface area (Å²) in [6, 6.07) is 12.5. The molecule has 0 unspecified atom stereocenters. The van der Waals surface area contributed by atoms with E-state index in [1.807, 2.05) is 37.3 Å². The summed E-state index contributed by atoms with van der Waals surface area (Å²) in [7, 11) is 1.27. The van der Waals surface area contributed by atoms with Crippen LogP contribution in [0.15, 0.2) is 53.1 Å². The minimum Gasteiger partial charge on any atom is -0.490 e. The van der Waals surface area contributed by atoms with Crippen LogP contribution in [0, 0.1) is 0 Å². The van der Waals surface area contributed by atoms with E-state index < -0.39 is 5.97 Å². The van der Waals surface area contributed by atoms with Crippen LogP contribution in [0.3, 0.4) is 0 Å². The third-order valence-corrected chi connectivity index (χ3v) is 4.55. The number of hydrogen-bond donors (Lipinski definition) is 0. The highest BCUT2D eigenvalue weighted by molar-refractivity contribution is 6.33. The van der Waals surface area contributed by atoms with E-state index in [1.165, 1.54) is 12.1 Å². The first kappa shape index (κ1) is 21.4. The molecule has 1 aliphatic rings. The highest BCUT2D eigenvalue weighted by atomic mass is 35.5. The standard InChI is InChI=1S/C22H21ClN2O5/c1-4-29-19-12-15(11-18(23)21(19)30-13-20(26)28-3)10-17-14(2)24-25(22(17)27)16-8-6-5-7-9-16/h5-12H,4,13H2,1-3H3. The van der Waals surface area contributed by atoms with Crippen LogP contribution >= 0.6 is 11.6 Å². The Balaban J connectivity index is 1.92. The van der Waals surface area contributed by atoms with Crippen molar-refractivity contribution in [3.05, 3.63) is 58.6 Å². The zero-order valence-electron chi connectivity index (χ0n) is 16.8. The summed E-state index contributed by atoms with van der Waals surface area (Å²) in [5, 5.41) is 5.97. The van der Waals surface area contributed by atoms with Gasteiger partial charge in [0.05, 0.1) is 35.7 Å². The van der Waals surface area contributed by atoms with Crippen molar-refractivity contribution in [3.8, 4) is 11.5 Å². The van der Waals surface area contributed by atoms with Crippen molar-refractivity contribution in [1.82, 2.24) is 0 Å². The average molecular weight is 429 g/mol. The van der Waals surface area contributed by atoms with Gasteiger partial charge >= 0.3 is 5.97 Å². The molecule has 0 radical (unpaired) electrons. The molecule has 1 heterocycles. The molecule has 0 bridgehead atoms. The number of carbonyl (C=O) groups excluding carboxylic acids is 2. The van der Waals surface area contributed by atoms with Gasteiger partial charge in [-0.25, -0.2) is 4.79 Å². The highest BCUT2D eigenvalue weighted by Crippen LogP contribution is 2.38. The molecule has 0 fully saturated rings. The van der Waals surface area contributed by atoms with Gasteiger partial charge in [-0.05, 0) is 49.8 Å². The quantitative estimate of drug-likeness (QED) is 0.490. The number of hydrogen-bond acceptors (Lipinski definition) is 6. The molecule has 30 heavy (non-hydrogen) atoms. The number of anilines is 1. The van der Waals surface area contributed by atoms with Crippen molar-refractivity contribution in [2.75, 3.05) is 25.3 Å². The molecule has 3 rings (SSSR count). The molecular weight excluding hydrogens is 408 g/mol. The summed E-state index contributed by atoms with van der Waals surface area (Å²) in [5.74, 6) is -0.177. The van der Waals surface area contributed by atoms with Gasteiger partial charge in [0.15, 0.2) is 18.1 Å². The van der Waals surface area contributed by atoms with Crippen molar-refractivity contribution in [2.45, 2.75) is 13.8 Å². The molecule has 0 atom stereocenters. The summed E-state index contributed by atoms with van der Waals surface area (Å²) >= 11 is 6.37. The second-order valence-corrected chi connectivity index (χ2v) is 6.73.